The molecular formula is C21H24N2O2S. The molecule has 1 aliphatic heterocycles. The first-order chi connectivity index (χ1) is 12.3. The number of hydrogen-bond acceptors (Lipinski definition) is 4. The second-order valence-electron chi connectivity index (χ2n) is 6.94. The van der Waals surface area contributed by atoms with E-state index in [2.05, 4.69) is 42.3 Å². The Bertz CT molecular complexity index is 931. The predicted octanol–water partition coefficient (Wildman–Crippen LogP) is 3.92. The van der Waals surface area contributed by atoms with E-state index in [1.165, 1.54) is 17.4 Å². The third-order valence-corrected chi connectivity index (χ3v) is 5.86. The van der Waals surface area contributed by atoms with E-state index in [1.54, 1.807) is 24.3 Å². The van der Waals surface area contributed by atoms with Gasteiger partial charge in [0.15, 0.2) is 9.84 Å². The Kier molecular flexibility index (Phi) is 5.28. The van der Waals surface area contributed by atoms with Crippen molar-refractivity contribution in [1.82, 2.24) is 4.90 Å². The summed E-state index contributed by atoms with van der Waals surface area (Å²) in [5, 5.41) is 8.33. The van der Waals surface area contributed by atoms with E-state index in [0.717, 1.165) is 12.1 Å². The van der Waals surface area contributed by atoms with E-state index in [-0.39, 0.29) is 6.04 Å². The minimum absolute atomic E-state index is 0.238. The number of rotatable bonds is 6. The molecular weight excluding hydrogens is 344 g/mol. The van der Waals surface area contributed by atoms with Crippen molar-refractivity contribution in [2.75, 3.05) is 6.26 Å². The van der Waals surface area contributed by atoms with Gasteiger partial charge in [-0.1, -0.05) is 36.4 Å². The Morgan fingerprint density at radius 2 is 1.85 bits per heavy atom. The normalized spacial score (nSPS) is 14.8. The van der Waals surface area contributed by atoms with Crippen LogP contribution < -0.4 is 0 Å². The molecule has 1 unspecified atom stereocenters. The Morgan fingerprint density at radius 1 is 1.15 bits per heavy atom. The maximum atomic E-state index is 11.5. The summed E-state index contributed by atoms with van der Waals surface area (Å²) in [6, 6.07) is 15.4. The van der Waals surface area contributed by atoms with Gasteiger partial charge in [-0.15, -0.1) is 0 Å². The molecule has 1 N–H and O–H groups in total. The SMILES string of the molecule is CC(CC(=N)Cc1ccc(S(C)(=O)=O)cc1)N1C=Cc2ccccc2C1. The molecule has 0 bridgehead atoms. The third-order valence-electron chi connectivity index (χ3n) is 4.73. The van der Waals surface area contributed by atoms with Gasteiger partial charge in [-0.25, -0.2) is 8.42 Å². The molecule has 0 saturated heterocycles. The topological polar surface area (TPSA) is 61.2 Å². The van der Waals surface area contributed by atoms with E-state index >= 15 is 0 Å². The summed E-state index contributed by atoms with van der Waals surface area (Å²) in [6.07, 6.45) is 6.67. The molecule has 5 heteroatoms. The van der Waals surface area contributed by atoms with Crippen LogP contribution in [0.4, 0.5) is 0 Å². The van der Waals surface area contributed by atoms with E-state index in [9.17, 15) is 8.42 Å². The summed E-state index contributed by atoms with van der Waals surface area (Å²) in [7, 11) is -3.17. The van der Waals surface area contributed by atoms with Gasteiger partial charge in [-0.2, -0.15) is 0 Å². The van der Waals surface area contributed by atoms with Crippen LogP contribution in [0, 0.1) is 5.41 Å². The van der Waals surface area contributed by atoms with Crippen LogP contribution in [0.5, 0.6) is 0 Å². The number of nitrogens with one attached hydrogen (secondary N) is 1. The lowest BCUT2D eigenvalue weighted by molar-refractivity contribution is 0.289. The van der Waals surface area contributed by atoms with Gasteiger partial charge in [0.05, 0.1) is 4.90 Å². The number of fused-ring (bicyclic) bond motifs is 1. The highest BCUT2D eigenvalue weighted by atomic mass is 32.2. The molecule has 1 aliphatic rings. The van der Waals surface area contributed by atoms with Crippen LogP contribution in [-0.2, 0) is 22.8 Å². The van der Waals surface area contributed by atoms with Crippen LogP contribution in [-0.4, -0.2) is 31.3 Å². The van der Waals surface area contributed by atoms with Gasteiger partial charge >= 0.3 is 0 Å². The zero-order valence-electron chi connectivity index (χ0n) is 15.1. The van der Waals surface area contributed by atoms with Gasteiger partial charge in [0.2, 0.25) is 0 Å². The maximum Gasteiger partial charge on any atom is 0.175 e. The van der Waals surface area contributed by atoms with E-state index < -0.39 is 9.84 Å². The highest BCUT2D eigenvalue weighted by molar-refractivity contribution is 7.90. The van der Waals surface area contributed by atoms with Crippen LogP contribution in [0.3, 0.4) is 0 Å². The summed E-state index contributed by atoms with van der Waals surface area (Å²) < 4.78 is 23.0. The van der Waals surface area contributed by atoms with Crippen molar-refractivity contribution < 1.29 is 8.42 Å². The smallest absolute Gasteiger partial charge is 0.175 e. The predicted molar refractivity (Wildman–Crippen MR) is 106 cm³/mol. The summed E-state index contributed by atoms with van der Waals surface area (Å²) in [4.78, 5) is 2.59. The average Bonchev–Trinajstić information content (AvgIpc) is 2.61. The molecule has 0 spiro atoms. The van der Waals surface area contributed by atoms with Gasteiger partial charge < -0.3 is 10.3 Å². The first-order valence-electron chi connectivity index (χ1n) is 8.70. The number of hydrogen-bond donors (Lipinski definition) is 1. The Hall–Kier alpha value is -2.40. The summed E-state index contributed by atoms with van der Waals surface area (Å²) >= 11 is 0. The van der Waals surface area contributed by atoms with E-state index in [1.807, 2.05) is 6.07 Å². The van der Waals surface area contributed by atoms with Gasteiger partial charge in [-0.3, -0.25) is 0 Å². The lowest BCUT2D eigenvalue weighted by Gasteiger charge is -2.31. The third kappa shape index (κ3) is 4.41. The first-order valence-corrected chi connectivity index (χ1v) is 10.6. The average molecular weight is 369 g/mol. The van der Waals surface area contributed by atoms with Gasteiger partial charge in [0, 0.05) is 43.6 Å². The fourth-order valence-electron chi connectivity index (χ4n) is 3.22. The highest BCUT2D eigenvalue weighted by Crippen LogP contribution is 2.22. The molecule has 26 heavy (non-hydrogen) atoms. The number of nitrogens with zero attached hydrogens (tertiary/aromatic N) is 1. The molecule has 0 radical (unpaired) electrons. The molecule has 1 heterocycles. The fourth-order valence-corrected chi connectivity index (χ4v) is 3.85. The van der Waals surface area contributed by atoms with Gasteiger partial charge in [0.1, 0.15) is 0 Å². The quantitative estimate of drug-likeness (QED) is 0.786. The molecule has 0 aliphatic carbocycles. The Labute approximate surface area is 155 Å². The van der Waals surface area contributed by atoms with E-state index in [4.69, 9.17) is 5.41 Å². The van der Waals surface area contributed by atoms with Crippen molar-refractivity contribution in [2.45, 2.75) is 37.2 Å². The molecule has 136 valence electrons. The molecule has 0 amide bonds. The lowest BCUT2D eigenvalue weighted by atomic mass is 10.00. The second kappa shape index (κ2) is 7.46. The van der Waals surface area contributed by atoms with Crippen molar-refractivity contribution in [1.29, 1.82) is 5.41 Å². The molecule has 0 fully saturated rings. The van der Waals surface area contributed by atoms with Gasteiger partial charge in [0.25, 0.3) is 0 Å². The number of benzene rings is 2. The Morgan fingerprint density at radius 3 is 2.54 bits per heavy atom. The van der Waals surface area contributed by atoms with Crippen molar-refractivity contribution in [3.63, 3.8) is 0 Å². The summed E-state index contributed by atoms with van der Waals surface area (Å²) in [5.74, 6) is 0. The largest absolute Gasteiger partial charge is 0.370 e. The van der Waals surface area contributed by atoms with Gasteiger partial charge in [-0.05, 0) is 41.8 Å². The molecule has 0 aromatic heterocycles. The second-order valence-corrected chi connectivity index (χ2v) is 8.95. The first kappa shape index (κ1) is 18.4. The lowest BCUT2D eigenvalue weighted by Crippen LogP contribution is -2.31. The summed E-state index contributed by atoms with van der Waals surface area (Å²) in [6.45, 7) is 3.00. The molecule has 3 rings (SSSR count). The van der Waals surface area contributed by atoms with Crippen LogP contribution in [0.25, 0.3) is 6.08 Å². The van der Waals surface area contributed by atoms with Crippen LogP contribution in [0.15, 0.2) is 59.6 Å². The fraction of sp³-hybridized carbons (Fsp3) is 0.286. The van der Waals surface area contributed by atoms with Crippen molar-refractivity contribution in [3.8, 4) is 0 Å². The molecule has 0 saturated carbocycles. The molecule has 1 atom stereocenters. The minimum Gasteiger partial charge on any atom is -0.370 e. The molecule has 2 aromatic rings. The van der Waals surface area contributed by atoms with Crippen LogP contribution >= 0.6 is 0 Å². The molecule has 4 nitrogen and oxygen atoms in total. The van der Waals surface area contributed by atoms with Crippen molar-refractivity contribution in [2.24, 2.45) is 0 Å². The van der Waals surface area contributed by atoms with Crippen molar-refractivity contribution >= 4 is 21.6 Å². The highest BCUT2D eigenvalue weighted by Gasteiger charge is 2.17. The molecule has 2 aromatic carbocycles. The monoisotopic (exact) mass is 368 g/mol. The minimum atomic E-state index is -3.17. The maximum absolute atomic E-state index is 11.5. The van der Waals surface area contributed by atoms with Crippen LogP contribution in [0.2, 0.25) is 0 Å². The van der Waals surface area contributed by atoms with Crippen LogP contribution in [0.1, 0.15) is 30.0 Å². The standard InChI is InChI=1S/C21H24N2O2S/c1-16(23-12-11-18-5-3-4-6-19(18)15-23)13-20(22)14-17-7-9-21(10-8-17)26(2,24)25/h3-12,16,22H,13-15H2,1-2H3. The van der Waals surface area contributed by atoms with Crippen molar-refractivity contribution in [3.05, 3.63) is 71.4 Å². The summed E-state index contributed by atoms with van der Waals surface area (Å²) in [5.41, 5.74) is 4.19. The number of sulfone groups is 1. The zero-order chi connectivity index (χ0) is 18.7. The zero-order valence-corrected chi connectivity index (χ0v) is 16.0. The Balaban J connectivity index is 1.58. The van der Waals surface area contributed by atoms with E-state index in [0.29, 0.717) is 23.4 Å².